The van der Waals surface area contributed by atoms with Gasteiger partial charge in [0, 0.05) is 38.1 Å². The minimum atomic E-state index is -0.190. The normalized spacial score (nSPS) is 22.9. The molecule has 2 aromatic rings. The van der Waals surface area contributed by atoms with Gasteiger partial charge in [0.2, 0.25) is 5.91 Å². The van der Waals surface area contributed by atoms with Crippen LogP contribution in [0.2, 0.25) is 0 Å². The van der Waals surface area contributed by atoms with Crippen LogP contribution in [0.4, 0.5) is 5.69 Å². The second kappa shape index (κ2) is 7.66. The van der Waals surface area contributed by atoms with Crippen molar-refractivity contribution in [1.29, 1.82) is 0 Å². The molecule has 2 N–H and O–H groups in total. The molecular formula is C21H27N5O. The highest BCUT2D eigenvalue weighted by Crippen LogP contribution is 2.25. The molecule has 4 rings (SSSR count). The van der Waals surface area contributed by atoms with Gasteiger partial charge in [0.05, 0.1) is 11.7 Å². The summed E-state index contributed by atoms with van der Waals surface area (Å²) in [5.74, 6) is 0.182. The van der Waals surface area contributed by atoms with Gasteiger partial charge in [0.1, 0.15) is 6.04 Å². The number of benzene rings is 1. The van der Waals surface area contributed by atoms with E-state index >= 15 is 0 Å². The zero-order valence-electron chi connectivity index (χ0n) is 16.0. The lowest BCUT2D eigenvalue weighted by molar-refractivity contribution is -0.133. The predicted octanol–water partition coefficient (Wildman–Crippen LogP) is 1.95. The van der Waals surface area contributed by atoms with Crippen molar-refractivity contribution >= 4 is 11.6 Å². The minimum Gasteiger partial charge on any atom is -0.368 e. The number of anilines is 1. The van der Waals surface area contributed by atoms with Crippen molar-refractivity contribution in [2.45, 2.75) is 32.4 Å². The van der Waals surface area contributed by atoms with Crippen molar-refractivity contribution in [2.75, 3.05) is 31.1 Å². The second-order valence-corrected chi connectivity index (χ2v) is 7.42. The lowest BCUT2D eigenvalue weighted by Crippen LogP contribution is -2.53. The van der Waals surface area contributed by atoms with Crippen LogP contribution in [0, 0.1) is 13.8 Å². The number of nitrogens with zero attached hydrogens (tertiary/aromatic N) is 3. The van der Waals surface area contributed by atoms with Crippen molar-refractivity contribution in [1.82, 2.24) is 20.7 Å². The number of piperazine rings is 1. The standard InChI is InChI=1S/C21H27N5O/c1-15-6-5-8-20(16(15)2)25-10-12-26(13-11-25)21(27)19-14-18(23-24-19)17-7-3-4-9-22-17/h3-9,18-19,23-24H,10-14H2,1-2H3. The average molecular weight is 365 g/mol. The number of pyridine rings is 1. The molecule has 6 heteroatoms. The van der Waals surface area contributed by atoms with Gasteiger partial charge in [-0.15, -0.1) is 0 Å². The lowest BCUT2D eigenvalue weighted by Gasteiger charge is -2.38. The number of hydrogen-bond acceptors (Lipinski definition) is 5. The van der Waals surface area contributed by atoms with Crippen LogP contribution in [0.3, 0.4) is 0 Å². The number of hydrogen-bond donors (Lipinski definition) is 2. The van der Waals surface area contributed by atoms with E-state index in [1.807, 2.05) is 23.1 Å². The molecule has 0 bridgehead atoms. The summed E-state index contributed by atoms with van der Waals surface area (Å²) in [6.07, 6.45) is 2.52. The van der Waals surface area contributed by atoms with E-state index in [4.69, 9.17) is 0 Å². The maximum Gasteiger partial charge on any atom is 0.241 e. The van der Waals surface area contributed by atoms with Crippen LogP contribution in [0.15, 0.2) is 42.6 Å². The Hall–Kier alpha value is -2.44. The molecule has 1 amide bonds. The zero-order valence-corrected chi connectivity index (χ0v) is 16.0. The first-order valence-electron chi connectivity index (χ1n) is 9.65. The van der Waals surface area contributed by atoms with Gasteiger partial charge >= 0.3 is 0 Å². The third-order valence-electron chi connectivity index (χ3n) is 5.75. The second-order valence-electron chi connectivity index (χ2n) is 7.42. The van der Waals surface area contributed by atoms with Gasteiger partial charge in [-0.2, -0.15) is 0 Å². The Balaban J connectivity index is 1.35. The molecule has 27 heavy (non-hydrogen) atoms. The molecular weight excluding hydrogens is 338 g/mol. The van der Waals surface area contributed by atoms with Gasteiger partial charge in [-0.3, -0.25) is 9.78 Å². The van der Waals surface area contributed by atoms with Gasteiger partial charge in [-0.25, -0.2) is 10.9 Å². The smallest absolute Gasteiger partial charge is 0.241 e. The van der Waals surface area contributed by atoms with Crippen LogP contribution in [-0.4, -0.2) is 48.0 Å². The molecule has 0 aliphatic carbocycles. The quantitative estimate of drug-likeness (QED) is 0.871. The van der Waals surface area contributed by atoms with Crippen molar-refractivity contribution < 1.29 is 4.79 Å². The molecule has 6 nitrogen and oxygen atoms in total. The molecule has 2 saturated heterocycles. The van der Waals surface area contributed by atoms with E-state index in [0.29, 0.717) is 0 Å². The molecule has 0 radical (unpaired) electrons. The molecule has 2 fully saturated rings. The topological polar surface area (TPSA) is 60.5 Å². The lowest BCUT2D eigenvalue weighted by atomic mass is 10.0. The zero-order chi connectivity index (χ0) is 18.8. The fourth-order valence-corrected chi connectivity index (χ4v) is 3.96. The summed E-state index contributed by atoms with van der Waals surface area (Å²) in [6.45, 7) is 7.60. The van der Waals surface area contributed by atoms with E-state index < -0.39 is 0 Å². The predicted molar refractivity (Wildman–Crippen MR) is 106 cm³/mol. The Morgan fingerprint density at radius 3 is 2.59 bits per heavy atom. The van der Waals surface area contributed by atoms with Crippen LogP contribution >= 0.6 is 0 Å². The summed E-state index contributed by atoms with van der Waals surface area (Å²) >= 11 is 0. The van der Waals surface area contributed by atoms with Crippen molar-refractivity contribution in [2.24, 2.45) is 0 Å². The number of aromatic nitrogens is 1. The van der Waals surface area contributed by atoms with Crippen molar-refractivity contribution in [3.8, 4) is 0 Å². The van der Waals surface area contributed by atoms with Gasteiger partial charge < -0.3 is 9.80 Å². The first-order chi connectivity index (χ1) is 13.1. The summed E-state index contributed by atoms with van der Waals surface area (Å²) in [5, 5.41) is 0. The molecule has 2 aliphatic rings. The van der Waals surface area contributed by atoms with Crippen molar-refractivity contribution in [3.63, 3.8) is 0 Å². The number of amides is 1. The first kappa shape index (κ1) is 17.9. The Morgan fingerprint density at radius 2 is 1.85 bits per heavy atom. The number of carbonyl (C=O) groups excluding carboxylic acids is 1. The fraction of sp³-hybridized carbons (Fsp3) is 0.429. The summed E-state index contributed by atoms with van der Waals surface area (Å²) in [4.78, 5) is 21.7. The van der Waals surface area contributed by atoms with E-state index in [9.17, 15) is 4.79 Å². The Morgan fingerprint density at radius 1 is 1.04 bits per heavy atom. The van der Waals surface area contributed by atoms with E-state index in [2.05, 4.69) is 52.8 Å². The number of aryl methyl sites for hydroxylation is 1. The van der Waals surface area contributed by atoms with Crippen molar-refractivity contribution in [3.05, 3.63) is 59.4 Å². The van der Waals surface area contributed by atoms with Crippen LogP contribution in [0.25, 0.3) is 0 Å². The Kier molecular flexibility index (Phi) is 5.09. The first-order valence-corrected chi connectivity index (χ1v) is 9.65. The summed E-state index contributed by atoms with van der Waals surface area (Å²) in [6, 6.07) is 12.2. The van der Waals surface area contributed by atoms with Crippen LogP contribution in [0.5, 0.6) is 0 Å². The Bertz CT molecular complexity index is 801. The van der Waals surface area contributed by atoms with E-state index in [0.717, 1.165) is 38.3 Å². The molecule has 0 spiro atoms. The third kappa shape index (κ3) is 3.68. The van der Waals surface area contributed by atoms with Gasteiger partial charge in [0.15, 0.2) is 0 Å². The molecule has 1 aromatic carbocycles. The average Bonchev–Trinajstić information content (AvgIpc) is 3.21. The van der Waals surface area contributed by atoms with Crippen LogP contribution in [-0.2, 0) is 4.79 Å². The molecule has 2 unspecified atom stereocenters. The highest BCUT2D eigenvalue weighted by Gasteiger charge is 2.34. The number of carbonyl (C=O) groups is 1. The molecule has 1 aromatic heterocycles. The largest absolute Gasteiger partial charge is 0.368 e. The Labute approximate surface area is 160 Å². The molecule has 142 valence electrons. The highest BCUT2D eigenvalue weighted by atomic mass is 16.2. The maximum absolute atomic E-state index is 12.9. The summed E-state index contributed by atoms with van der Waals surface area (Å²) < 4.78 is 0. The number of nitrogens with one attached hydrogen (secondary N) is 2. The van der Waals surface area contributed by atoms with Gasteiger partial charge in [-0.05, 0) is 49.6 Å². The monoisotopic (exact) mass is 365 g/mol. The highest BCUT2D eigenvalue weighted by molar-refractivity contribution is 5.82. The molecule has 2 atom stereocenters. The molecule has 3 heterocycles. The summed E-state index contributed by atoms with van der Waals surface area (Å²) in [5.41, 5.74) is 11.3. The van der Waals surface area contributed by atoms with E-state index in [-0.39, 0.29) is 18.0 Å². The van der Waals surface area contributed by atoms with Gasteiger partial charge in [0.25, 0.3) is 0 Å². The van der Waals surface area contributed by atoms with Crippen LogP contribution < -0.4 is 15.8 Å². The van der Waals surface area contributed by atoms with E-state index in [1.54, 1.807) is 6.20 Å². The number of hydrazine groups is 1. The SMILES string of the molecule is Cc1cccc(N2CCN(C(=O)C3CC(c4ccccn4)NN3)CC2)c1C. The van der Waals surface area contributed by atoms with E-state index in [1.165, 1.54) is 16.8 Å². The minimum absolute atomic E-state index is 0.0800. The third-order valence-corrected chi connectivity index (χ3v) is 5.75. The number of rotatable bonds is 3. The van der Waals surface area contributed by atoms with Gasteiger partial charge in [-0.1, -0.05) is 18.2 Å². The molecule has 2 aliphatic heterocycles. The van der Waals surface area contributed by atoms with Crippen LogP contribution in [0.1, 0.15) is 29.3 Å². The maximum atomic E-state index is 12.9. The fourth-order valence-electron chi connectivity index (χ4n) is 3.96. The molecule has 0 saturated carbocycles. The summed E-state index contributed by atoms with van der Waals surface area (Å²) in [7, 11) is 0.